The largest absolute Gasteiger partial charge is 0.378 e. The van der Waals surface area contributed by atoms with E-state index in [1.807, 2.05) is 13.8 Å². The molecule has 0 aromatic carbocycles. The highest BCUT2D eigenvalue weighted by atomic mass is 32.1. The number of nitrogens with one attached hydrogen (secondary N) is 1. The SMILES string of the molecule is CC(C)Nc1cccn(CC(=O)C(C)S)c1=O. The Labute approximate surface area is 106 Å². The van der Waals surface area contributed by atoms with Crippen LogP contribution in [0, 0.1) is 0 Å². The minimum atomic E-state index is -0.358. The van der Waals surface area contributed by atoms with Crippen LogP contribution in [0.3, 0.4) is 0 Å². The molecule has 1 atom stereocenters. The molecule has 0 aliphatic rings. The summed E-state index contributed by atoms with van der Waals surface area (Å²) in [5.41, 5.74) is 0.339. The normalized spacial score (nSPS) is 12.5. The fourth-order valence-corrected chi connectivity index (χ4v) is 1.46. The van der Waals surface area contributed by atoms with Crippen LogP contribution in [0.15, 0.2) is 23.1 Å². The summed E-state index contributed by atoms with van der Waals surface area (Å²) >= 11 is 4.06. The Bertz CT molecular complexity index is 452. The molecule has 0 spiro atoms. The van der Waals surface area contributed by atoms with Gasteiger partial charge in [0.05, 0.1) is 11.8 Å². The number of hydrogen-bond donors (Lipinski definition) is 2. The van der Waals surface area contributed by atoms with Crippen LogP contribution in [0.1, 0.15) is 20.8 Å². The summed E-state index contributed by atoms with van der Waals surface area (Å²) < 4.78 is 1.40. The van der Waals surface area contributed by atoms with Crippen molar-refractivity contribution in [2.75, 3.05) is 5.32 Å². The third-order valence-electron chi connectivity index (χ3n) is 2.26. The maximum atomic E-state index is 12.0. The monoisotopic (exact) mass is 254 g/mol. The fourth-order valence-electron chi connectivity index (χ4n) is 1.38. The summed E-state index contributed by atoms with van der Waals surface area (Å²) in [6.45, 7) is 5.68. The van der Waals surface area contributed by atoms with Crippen molar-refractivity contribution >= 4 is 24.1 Å². The standard InChI is InChI=1S/C12H18N2O2S/c1-8(2)13-10-5-4-6-14(12(10)16)7-11(15)9(3)17/h4-6,8-9,13,17H,7H2,1-3H3. The Balaban J connectivity index is 2.95. The first-order valence-corrected chi connectivity index (χ1v) is 6.10. The van der Waals surface area contributed by atoms with E-state index in [9.17, 15) is 9.59 Å². The van der Waals surface area contributed by atoms with Crippen LogP contribution >= 0.6 is 12.6 Å². The highest BCUT2D eigenvalue weighted by Gasteiger charge is 2.11. The average molecular weight is 254 g/mol. The third kappa shape index (κ3) is 3.93. The smallest absolute Gasteiger partial charge is 0.274 e. The van der Waals surface area contributed by atoms with E-state index < -0.39 is 0 Å². The number of carbonyl (C=O) groups excluding carboxylic acids is 1. The lowest BCUT2D eigenvalue weighted by atomic mass is 10.3. The van der Waals surface area contributed by atoms with Gasteiger partial charge in [0.1, 0.15) is 5.69 Å². The number of ketones is 1. The quantitative estimate of drug-likeness (QED) is 0.784. The zero-order chi connectivity index (χ0) is 13.0. The number of carbonyl (C=O) groups is 1. The number of nitrogens with zero attached hydrogens (tertiary/aromatic N) is 1. The molecule has 0 aliphatic carbocycles. The van der Waals surface area contributed by atoms with Crippen molar-refractivity contribution in [2.24, 2.45) is 0 Å². The summed E-state index contributed by atoms with van der Waals surface area (Å²) in [7, 11) is 0. The molecule has 4 nitrogen and oxygen atoms in total. The Morgan fingerprint density at radius 1 is 1.47 bits per heavy atom. The molecule has 1 rings (SSSR count). The molecule has 94 valence electrons. The number of rotatable bonds is 5. The molecule has 1 heterocycles. The second-order valence-corrected chi connectivity index (χ2v) is 5.07. The maximum absolute atomic E-state index is 12.0. The van der Waals surface area contributed by atoms with Crippen LogP contribution in [0.25, 0.3) is 0 Å². The molecule has 0 aliphatic heterocycles. The van der Waals surface area contributed by atoms with E-state index in [-0.39, 0.29) is 29.2 Å². The number of Topliss-reactive ketones (excluding diaryl/α,β-unsaturated/α-hetero) is 1. The molecule has 17 heavy (non-hydrogen) atoms. The van der Waals surface area contributed by atoms with E-state index >= 15 is 0 Å². The molecule has 0 saturated heterocycles. The Hall–Kier alpha value is -1.23. The van der Waals surface area contributed by atoms with Gasteiger partial charge in [-0.2, -0.15) is 12.6 Å². The van der Waals surface area contributed by atoms with Gasteiger partial charge in [-0.05, 0) is 32.9 Å². The number of anilines is 1. The van der Waals surface area contributed by atoms with Crippen LogP contribution in [0.2, 0.25) is 0 Å². The van der Waals surface area contributed by atoms with Crippen molar-refractivity contribution in [2.45, 2.75) is 38.6 Å². The van der Waals surface area contributed by atoms with Gasteiger partial charge >= 0.3 is 0 Å². The lowest BCUT2D eigenvalue weighted by Gasteiger charge is -2.12. The predicted molar refractivity (Wildman–Crippen MR) is 72.9 cm³/mol. The number of pyridine rings is 1. The minimum Gasteiger partial charge on any atom is -0.378 e. The Morgan fingerprint density at radius 3 is 2.65 bits per heavy atom. The Morgan fingerprint density at radius 2 is 2.12 bits per heavy atom. The molecule has 1 aromatic heterocycles. The molecule has 0 bridgehead atoms. The van der Waals surface area contributed by atoms with Crippen LogP contribution in [-0.2, 0) is 11.3 Å². The van der Waals surface area contributed by atoms with Crippen molar-refractivity contribution in [3.05, 3.63) is 28.7 Å². The lowest BCUT2D eigenvalue weighted by molar-refractivity contribution is -0.118. The zero-order valence-corrected chi connectivity index (χ0v) is 11.2. The second-order valence-electron chi connectivity index (χ2n) is 4.30. The molecule has 1 aromatic rings. The first-order valence-electron chi connectivity index (χ1n) is 5.58. The zero-order valence-electron chi connectivity index (χ0n) is 10.3. The van der Waals surface area contributed by atoms with Gasteiger partial charge in [0, 0.05) is 12.2 Å². The summed E-state index contributed by atoms with van der Waals surface area (Å²) in [5, 5.41) is 2.69. The van der Waals surface area contributed by atoms with E-state index in [0.29, 0.717) is 5.69 Å². The summed E-state index contributed by atoms with van der Waals surface area (Å²) in [6.07, 6.45) is 1.61. The fraction of sp³-hybridized carbons (Fsp3) is 0.500. The summed E-state index contributed by atoms with van der Waals surface area (Å²) in [6, 6.07) is 3.65. The van der Waals surface area contributed by atoms with Crippen molar-refractivity contribution < 1.29 is 4.79 Å². The second kappa shape index (κ2) is 5.91. The van der Waals surface area contributed by atoms with E-state index in [0.717, 1.165) is 0 Å². The molecule has 0 saturated carbocycles. The molecule has 0 radical (unpaired) electrons. The van der Waals surface area contributed by atoms with Gasteiger partial charge in [-0.15, -0.1) is 0 Å². The molecule has 0 amide bonds. The van der Waals surface area contributed by atoms with Gasteiger partial charge < -0.3 is 9.88 Å². The van der Waals surface area contributed by atoms with Gasteiger partial charge in [0.15, 0.2) is 5.78 Å². The molecule has 1 N–H and O–H groups in total. The van der Waals surface area contributed by atoms with E-state index in [4.69, 9.17) is 0 Å². The lowest BCUT2D eigenvalue weighted by Crippen LogP contribution is -2.29. The number of hydrogen-bond acceptors (Lipinski definition) is 4. The third-order valence-corrected chi connectivity index (χ3v) is 2.54. The van der Waals surface area contributed by atoms with E-state index in [1.165, 1.54) is 4.57 Å². The van der Waals surface area contributed by atoms with Crippen LogP contribution in [0.5, 0.6) is 0 Å². The van der Waals surface area contributed by atoms with Gasteiger partial charge in [0.25, 0.3) is 5.56 Å². The predicted octanol–water partition coefficient (Wildman–Crippen LogP) is 1.56. The molecule has 0 fully saturated rings. The summed E-state index contributed by atoms with van der Waals surface area (Å²) in [4.78, 5) is 23.5. The maximum Gasteiger partial charge on any atom is 0.274 e. The molecular weight excluding hydrogens is 236 g/mol. The molecule has 5 heteroatoms. The highest BCUT2D eigenvalue weighted by molar-refractivity contribution is 7.81. The van der Waals surface area contributed by atoms with E-state index in [2.05, 4.69) is 17.9 Å². The van der Waals surface area contributed by atoms with Crippen LogP contribution in [0.4, 0.5) is 5.69 Å². The van der Waals surface area contributed by atoms with Gasteiger partial charge in [-0.1, -0.05) is 0 Å². The average Bonchev–Trinajstić information content (AvgIpc) is 2.23. The molecule has 1 unspecified atom stereocenters. The number of aromatic nitrogens is 1. The van der Waals surface area contributed by atoms with Crippen molar-refractivity contribution in [3.63, 3.8) is 0 Å². The van der Waals surface area contributed by atoms with Crippen LogP contribution < -0.4 is 10.9 Å². The van der Waals surface area contributed by atoms with Gasteiger partial charge in [-0.25, -0.2) is 0 Å². The first kappa shape index (κ1) is 13.8. The van der Waals surface area contributed by atoms with Gasteiger partial charge in [0.2, 0.25) is 0 Å². The number of thiol groups is 1. The molecular formula is C12H18N2O2S. The van der Waals surface area contributed by atoms with Crippen molar-refractivity contribution in [1.82, 2.24) is 4.57 Å². The Kier molecular flexibility index (Phi) is 4.81. The first-order chi connectivity index (χ1) is 7.91. The minimum absolute atomic E-state index is 0.0666. The van der Waals surface area contributed by atoms with Crippen molar-refractivity contribution in [1.29, 1.82) is 0 Å². The highest BCUT2D eigenvalue weighted by Crippen LogP contribution is 2.02. The van der Waals surface area contributed by atoms with Gasteiger partial charge in [-0.3, -0.25) is 9.59 Å². The summed E-state index contributed by atoms with van der Waals surface area (Å²) in [5.74, 6) is -0.0721. The van der Waals surface area contributed by atoms with Crippen LogP contribution in [-0.4, -0.2) is 21.6 Å². The topological polar surface area (TPSA) is 51.1 Å². The van der Waals surface area contributed by atoms with Crippen molar-refractivity contribution in [3.8, 4) is 0 Å². The van der Waals surface area contributed by atoms with E-state index in [1.54, 1.807) is 25.3 Å².